The van der Waals surface area contributed by atoms with Crippen molar-refractivity contribution in [3.05, 3.63) is 42.5 Å². The van der Waals surface area contributed by atoms with Crippen LogP contribution in [0.4, 0.5) is 5.69 Å². The van der Waals surface area contributed by atoms with Crippen molar-refractivity contribution in [2.24, 2.45) is 0 Å². The van der Waals surface area contributed by atoms with Crippen molar-refractivity contribution in [3.8, 4) is 0 Å². The van der Waals surface area contributed by atoms with Crippen molar-refractivity contribution in [3.63, 3.8) is 0 Å². The lowest BCUT2D eigenvalue weighted by Gasteiger charge is -2.25. The van der Waals surface area contributed by atoms with Gasteiger partial charge in [0, 0.05) is 38.4 Å². The van der Waals surface area contributed by atoms with Crippen LogP contribution in [0.1, 0.15) is 0 Å². The Labute approximate surface area is 114 Å². The Balaban J connectivity index is 2.31. The second kappa shape index (κ2) is 7.12. The molecule has 0 saturated heterocycles. The van der Waals surface area contributed by atoms with E-state index in [0.29, 0.717) is 13.2 Å². The average Bonchev–Trinajstić information content (AvgIpc) is 2.47. The Morgan fingerprint density at radius 3 is 2.16 bits per heavy atom. The Morgan fingerprint density at radius 2 is 1.47 bits per heavy atom. The van der Waals surface area contributed by atoms with Crippen molar-refractivity contribution >= 4 is 16.5 Å². The zero-order valence-electron chi connectivity index (χ0n) is 11.6. The number of hydrogen-bond donors (Lipinski definition) is 0. The molecular formula is C16H21NO2. The highest BCUT2D eigenvalue weighted by atomic mass is 16.5. The maximum atomic E-state index is 5.20. The highest BCUT2D eigenvalue weighted by Gasteiger charge is 2.09. The fourth-order valence-electron chi connectivity index (χ4n) is 2.24. The summed E-state index contributed by atoms with van der Waals surface area (Å²) in [5, 5.41) is 2.54. The van der Waals surface area contributed by atoms with E-state index in [-0.39, 0.29) is 0 Å². The molecule has 0 unspecified atom stereocenters. The second-order valence-corrected chi connectivity index (χ2v) is 4.47. The Kier molecular flexibility index (Phi) is 5.19. The zero-order valence-corrected chi connectivity index (χ0v) is 11.6. The van der Waals surface area contributed by atoms with Gasteiger partial charge in [0.05, 0.1) is 13.2 Å². The van der Waals surface area contributed by atoms with Gasteiger partial charge in [0.1, 0.15) is 0 Å². The van der Waals surface area contributed by atoms with Crippen LogP contribution in [0.3, 0.4) is 0 Å². The molecule has 0 bridgehead atoms. The first-order valence-electron chi connectivity index (χ1n) is 6.57. The van der Waals surface area contributed by atoms with E-state index in [9.17, 15) is 0 Å². The fourth-order valence-corrected chi connectivity index (χ4v) is 2.24. The molecule has 0 amide bonds. The summed E-state index contributed by atoms with van der Waals surface area (Å²) in [6, 6.07) is 14.9. The van der Waals surface area contributed by atoms with Gasteiger partial charge in [-0.1, -0.05) is 36.4 Å². The molecule has 0 atom stereocenters. The molecule has 0 aliphatic carbocycles. The van der Waals surface area contributed by atoms with Gasteiger partial charge in [-0.15, -0.1) is 0 Å². The van der Waals surface area contributed by atoms with Gasteiger partial charge in [-0.25, -0.2) is 0 Å². The molecule has 3 nitrogen and oxygen atoms in total. The first kappa shape index (κ1) is 13.8. The lowest BCUT2D eigenvalue weighted by molar-refractivity contribution is 0.190. The maximum Gasteiger partial charge on any atom is 0.0637 e. The van der Waals surface area contributed by atoms with Crippen LogP contribution >= 0.6 is 0 Å². The SMILES string of the molecule is COCCN(CCOC)c1cccc2ccccc12. The van der Waals surface area contributed by atoms with Gasteiger partial charge in [0.15, 0.2) is 0 Å². The molecular weight excluding hydrogens is 238 g/mol. The number of anilines is 1. The number of benzene rings is 2. The van der Waals surface area contributed by atoms with Crippen LogP contribution in [0.5, 0.6) is 0 Å². The molecule has 0 fully saturated rings. The highest BCUT2D eigenvalue weighted by molar-refractivity contribution is 5.94. The van der Waals surface area contributed by atoms with Crippen molar-refractivity contribution in [2.75, 3.05) is 45.4 Å². The number of rotatable bonds is 7. The molecule has 102 valence electrons. The van der Waals surface area contributed by atoms with E-state index in [1.165, 1.54) is 16.5 Å². The van der Waals surface area contributed by atoms with Gasteiger partial charge in [-0.2, -0.15) is 0 Å². The Bertz CT molecular complexity index is 500. The summed E-state index contributed by atoms with van der Waals surface area (Å²) in [6.45, 7) is 3.17. The minimum atomic E-state index is 0.715. The van der Waals surface area contributed by atoms with Gasteiger partial charge >= 0.3 is 0 Å². The average molecular weight is 259 g/mol. The lowest BCUT2D eigenvalue weighted by atomic mass is 10.1. The number of hydrogen-bond acceptors (Lipinski definition) is 3. The molecule has 2 aromatic rings. The monoisotopic (exact) mass is 259 g/mol. The quantitative estimate of drug-likeness (QED) is 0.763. The highest BCUT2D eigenvalue weighted by Crippen LogP contribution is 2.26. The predicted octanol–water partition coefficient (Wildman–Crippen LogP) is 2.94. The van der Waals surface area contributed by atoms with Crippen molar-refractivity contribution in [2.45, 2.75) is 0 Å². The van der Waals surface area contributed by atoms with Crippen molar-refractivity contribution < 1.29 is 9.47 Å². The van der Waals surface area contributed by atoms with E-state index >= 15 is 0 Å². The van der Waals surface area contributed by atoms with E-state index in [4.69, 9.17) is 9.47 Å². The third kappa shape index (κ3) is 3.46. The summed E-state index contributed by atoms with van der Waals surface area (Å²) in [5.74, 6) is 0. The molecule has 0 radical (unpaired) electrons. The third-order valence-corrected chi connectivity index (χ3v) is 3.24. The van der Waals surface area contributed by atoms with Crippen LogP contribution in [-0.2, 0) is 9.47 Å². The molecule has 2 aromatic carbocycles. The van der Waals surface area contributed by atoms with Crippen LogP contribution in [0.2, 0.25) is 0 Å². The topological polar surface area (TPSA) is 21.7 Å². The standard InChI is InChI=1S/C16H21NO2/c1-18-12-10-17(11-13-19-2)16-9-5-7-14-6-3-4-8-15(14)16/h3-9H,10-13H2,1-2H3. The maximum absolute atomic E-state index is 5.20. The van der Waals surface area contributed by atoms with Crippen molar-refractivity contribution in [1.82, 2.24) is 0 Å². The molecule has 2 rings (SSSR count). The van der Waals surface area contributed by atoms with Crippen LogP contribution in [-0.4, -0.2) is 40.5 Å². The van der Waals surface area contributed by atoms with Crippen LogP contribution < -0.4 is 4.90 Å². The minimum Gasteiger partial charge on any atom is -0.383 e. The van der Waals surface area contributed by atoms with Crippen LogP contribution in [0.15, 0.2) is 42.5 Å². The lowest BCUT2D eigenvalue weighted by Crippen LogP contribution is -2.30. The molecule has 19 heavy (non-hydrogen) atoms. The largest absolute Gasteiger partial charge is 0.383 e. The number of ether oxygens (including phenoxy) is 2. The first-order chi connectivity index (χ1) is 9.36. The molecule has 0 aromatic heterocycles. The Morgan fingerprint density at radius 1 is 0.842 bits per heavy atom. The minimum absolute atomic E-state index is 0.715. The Hall–Kier alpha value is -1.58. The predicted molar refractivity (Wildman–Crippen MR) is 79.9 cm³/mol. The number of fused-ring (bicyclic) bond motifs is 1. The summed E-state index contributed by atoms with van der Waals surface area (Å²) >= 11 is 0. The molecule has 0 saturated carbocycles. The normalized spacial score (nSPS) is 10.8. The van der Waals surface area contributed by atoms with Crippen LogP contribution in [0, 0.1) is 0 Å². The smallest absolute Gasteiger partial charge is 0.0637 e. The van der Waals surface area contributed by atoms with Crippen molar-refractivity contribution in [1.29, 1.82) is 0 Å². The van der Waals surface area contributed by atoms with E-state index in [1.54, 1.807) is 14.2 Å². The van der Waals surface area contributed by atoms with Gasteiger partial charge < -0.3 is 14.4 Å². The first-order valence-corrected chi connectivity index (χ1v) is 6.57. The van der Waals surface area contributed by atoms with E-state index < -0.39 is 0 Å². The third-order valence-electron chi connectivity index (χ3n) is 3.24. The van der Waals surface area contributed by atoms with Gasteiger partial charge in [0.2, 0.25) is 0 Å². The summed E-state index contributed by atoms with van der Waals surface area (Å²) in [4.78, 5) is 2.31. The van der Waals surface area contributed by atoms with E-state index in [2.05, 4.69) is 47.4 Å². The van der Waals surface area contributed by atoms with E-state index in [0.717, 1.165) is 13.1 Å². The number of nitrogens with zero attached hydrogens (tertiary/aromatic N) is 1. The van der Waals surface area contributed by atoms with Gasteiger partial charge in [-0.3, -0.25) is 0 Å². The van der Waals surface area contributed by atoms with Crippen LogP contribution in [0.25, 0.3) is 10.8 Å². The molecule has 0 aliphatic rings. The molecule has 0 N–H and O–H groups in total. The number of methoxy groups -OCH3 is 2. The van der Waals surface area contributed by atoms with Gasteiger partial charge in [-0.05, 0) is 11.5 Å². The summed E-state index contributed by atoms with van der Waals surface area (Å²) in [7, 11) is 3.47. The molecule has 3 heteroatoms. The second-order valence-electron chi connectivity index (χ2n) is 4.47. The van der Waals surface area contributed by atoms with Gasteiger partial charge in [0.25, 0.3) is 0 Å². The molecule has 0 aliphatic heterocycles. The van der Waals surface area contributed by atoms with E-state index in [1.807, 2.05) is 0 Å². The summed E-state index contributed by atoms with van der Waals surface area (Å²) in [6.07, 6.45) is 0. The summed E-state index contributed by atoms with van der Waals surface area (Å²) < 4.78 is 10.4. The molecule has 0 spiro atoms. The fraction of sp³-hybridized carbons (Fsp3) is 0.375. The zero-order chi connectivity index (χ0) is 13.5. The molecule has 0 heterocycles. The summed E-state index contributed by atoms with van der Waals surface area (Å²) in [5.41, 5.74) is 1.24.